The lowest BCUT2D eigenvalue weighted by molar-refractivity contribution is 0.436. The van der Waals surface area contributed by atoms with Gasteiger partial charge in [0, 0.05) is 22.4 Å². The number of benzene rings is 7. The van der Waals surface area contributed by atoms with E-state index in [2.05, 4.69) is 110 Å². The predicted molar refractivity (Wildman–Crippen MR) is 215 cm³/mol. The van der Waals surface area contributed by atoms with E-state index in [1.165, 1.54) is 22.3 Å². The molecule has 0 saturated heterocycles. The minimum absolute atomic E-state index is 0.575. The summed E-state index contributed by atoms with van der Waals surface area (Å²) >= 11 is 0. The molecule has 4 heteroatoms. The summed E-state index contributed by atoms with van der Waals surface area (Å²) in [4.78, 5) is 10.3. The zero-order valence-electron chi connectivity index (χ0n) is 29.1. The fourth-order valence-corrected chi connectivity index (χ4v) is 7.85. The molecule has 1 aliphatic heterocycles. The van der Waals surface area contributed by atoms with E-state index in [4.69, 9.17) is 14.7 Å². The topological polar surface area (TPSA) is 57.7 Å². The highest BCUT2D eigenvalue weighted by Gasteiger charge is 2.51. The fourth-order valence-electron chi connectivity index (χ4n) is 7.85. The van der Waals surface area contributed by atoms with Crippen LogP contribution in [0.15, 0.2) is 186 Å². The number of fused-ring (bicyclic) bond motifs is 9. The Morgan fingerprint density at radius 3 is 1.89 bits per heavy atom. The SMILES string of the molecule is C=C(N=C(N=C(C)c1cccc(-c2ccc(C#N)cc2)c1)c1ccccc1)c1ccc2c(c1)C1(c3ccccc3Oc3ccccc31)c1ccccc1-2. The average Bonchev–Trinajstić information content (AvgIpc) is 3.51. The largest absolute Gasteiger partial charge is 0.457 e. The molecule has 0 bridgehead atoms. The lowest BCUT2D eigenvalue weighted by Gasteiger charge is -2.39. The summed E-state index contributed by atoms with van der Waals surface area (Å²) in [6.45, 7) is 6.54. The van der Waals surface area contributed by atoms with Gasteiger partial charge in [0.25, 0.3) is 0 Å². The molecule has 0 amide bonds. The van der Waals surface area contributed by atoms with Gasteiger partial charge in [0.1, 0.15) is 11.5 Å². The number of rotatable bonds is 5. The Morgan fingerprint density at radius 1 is 0.547 bits per heavy atom. The molecule has 0 atom stereocenters. The van der Waals surface area contributed by atoms with E-state index in [-0.39, 0.29) is 0 Å². The Bertz CT molecular complexity index is 2630. The van der Waals surface area contributed by atoms with Gasteiger partial charge < -0.3 is 4.74 Å². The lowest BCUT2D eigenvalue weighted by atomic mass is 9.66. The quantitative estimate of drug-likeness (QED) is 0.134. The van der Waals surface area contributed by atoms with Gasteiger partial charge in [0.15, 0.2) is 5.84 Å². The molecule has 0 fully saturated rings. The first-order chi connectivity index (χ1) is 26.0. The van der Waals surface area contributed by atoms with Crippen LogP contribution in [0.3, 0.4) is 0 Å². The van der Waals surface area contributed by atoms with E-state index in [1.807, 2.05) is 79.7 Å². The fraction of sp³-hybridized carbons (Fsp3) is 0.0408. The van der Waals surface area contributed by atoms with Crippen LogP contribution in [-0.2, 0) is 5.41 Å². The first kappa shape index (κ1) is 31.9. The zero-order valence-corrected chi connectivity index (χ0v) is 29.1. The average molecular weight is 680 g/mol. The van der Waals surface area contributed by atoms with Crippen molar-refractivity contribution in [2.24, 2.45) is 9.98 Å². The number of aliphatic imine (C=N–C) groups is 2. The van der Waals surface area contributed by atoms with Gasteiger partial charge in [-0.15, -0.1) is 0 Å². The number of amidine groups is 1. The summed E-state index contributed by atoms with van der Waals surface area (Å²) in [5.41, 5.74) is 13.4. The summed E-state index contributed by atoms with van der Waals surface area (Å²) < 4.78 is 6.52. The minimum Gasteiger partial charge on any atom is -0.457 e. The zero-order chi connectivity index (χ0) is 35.9. The summed E-state index contributed by atoms with van der Waals surface area (Å²) in [5, 5.41) is 9.25. The van der Waals surface area contributed by atoms with E-state index < -0.39 is 5.41 Å². The predicted octanol–water partition coefficient (Wildman–Crippen LogP) is 11.6. The summed E-state index contributed by atoms with van der Waals surface area (Å²) in [7, 11) is 0. The molecule has 0 radical (unpaired) electrons. The minimum atomic E-state index is -0.575. The van der Waals surface area contributed by atoms with Crippen LogP contribution in [0.5, 0.6) is 11.5 Å². The second-order valence-corrected chi connectivity index (χ2v) is 13.4. The highest BCUT2D eigenvalue weighted by atomic mass is 16.5. The van der Waals surface area contributed by atoms with Crippen molar-refractivity contribution in [3.05, 3.63) is 221 Å². The second kappa shape index (κ2) is 12.9. The van der Waals surface area contributed by atoms with Crippen LogP contribution in [0.1, 0.15) is 51.4 Å². The Hall–Kier alpha value is -7.09. The molecule has 0 N–H and O–H groups in total. The second-order valence-electron chi connectivity index (χ2n) is 13.4. The molecular formula is C49H33N3O. The van der Waals surface area contributed by atoms with E-state index in [0.29, 0.717) is 17.1 Å². The molecule has 4 nitrogen and oxygen atoms in total. The molecule has 0 unspecified atom stereocenters. The third-order valence-corrected chi connectivity index (χ3v) is 10.4. The van der Waals surface area contributed by atoms with Gasteiger partial charge in [-0.05, 0) is 87.8 Å². The van der Waals surface area contributed by atoms with Crippen molar-refractivity contribution in [1.29, 1.82) is 5.26 Å². The van der Waals surface area contributed by atoms with Crippen LogP contribution in [0.4, 0.5) is 0 Å². The molecule has 0 saturated carbocycles. The first-order valence-electron chi connectivity index (χ1n) is 17.7. The van der Waals surface area contributed by atoms with Gasteiger partial charge in [0.05, 0.1) is 22.7 Å². The molecule has 7 aromatic rings. The van der Waals surface area contributed by atoms with Crippen LogP contribution in [0, 0.1) is 11.3 Å². The Kier molecular flexibility index (Phi) is 7.76. The van der Waals surface area contributed by atoms with Crippen molar-refractivity contribution >= 4 is 17.2 Å². The molecule has 53 heavy (non-hydrogen) atoms. The van der Waals surface area contributed by atoms with Gasteiger partial charge in [-0.25, -0.2) is 9.98 Å². The number of hydrogen-bond acceptors (Lipinski definition) is 3. The van der Waals surface area contributed by atoms with Crippen LogP contribution in [-0.4, -0.2) is 11.5 Å². The molecule has 250 valence electrons. The van der Waals surface area contributed by atoms with Gasteiger partial charge >= 0.3 is 0 Å². The van der Waals surface area contributed by atoms with Crippen molar-refractivity contribution in [3.63, 3.8) is 0 Å². The summed E-state index contributed by atoms with van der Waals surface area (Å²) in [5.74, 6) is 2.29. The van der Waals surface area contributed by atoms with Crippen molar-refractivity contribution in [2.75, 3.05) is 0 Å². The number of nitrogens with zero attached hydrogens (tertiary/aromatic N) is 3. The van der Waals surface area contributed by atoms with E-state index in [9.17, 15) is 5.26 Å². The Labute approximate surface area is 309 Å². The maximum absolute atomic E-state index is 9.25. The van der Waals surface area contributed by atoms with Crippen LogP contribution in [0.25, 0.3) is 28.0 Å². The molecule has 1 aliphatic carbocycles. The Balaban J connectivity index is 1.16. The van der Waals surface area contributed by atoms with Crippen molar-refractivity contribution in [1.82, 2.24) is 0 Å². The standard InChI is InChI=1S/C49H33N3O/c1-32(37-15-12-16-39(29-37)35-25-23-34(31-50)24-26-35)51-48(36-13-4-3-5-14-36)52-33(2)38-27-28-41-40-17-6-7-18-42(40)49(45(41)30-38)43-19-8-10-21-46(43)53-47-22-11-9-20-44(47)49/h3-30H,2H2,1H3. The number of nitriles is 1. The summed E-state index contributed by atoms with van der Waals surface area (Å²) in [6, 6.07) is 60.2. The maximum Gasteiger partial charge on any atom is 0.160 e. The molecule has 0 aromatic heterocycles. The molecule has 1 heterocycles. The monoisotopic (exact) mass is 679 g/mol. The molecule has 1 spiro atoms. The number of ether oxygens (including phenoxy) is 1. The molecule has 2 aliphatic rings. The van der Waals surface area contributed by atoms with Crippen molar-refractivity contribution in [3.8, 4) is 39.8 Å². The molecule has 7 aromatic carbocycles. The van der Waals surface area contributed by atoms with Crippen molar-refractivity contribution < 1.29 is 4.74 Å². The van der Waals surface area contributed by atoms with Crippen molar-refractivity contribution in [2.45, 2.75) is 12.3 Å². The van der Waals surface area contributed by atoms with Gasteiger partial charge in [-0.2, -0.15) is 5.26 Å². The van der Waals surface area contributed by atoms with Gasteiger partial charge in [0.2, 0.25) is 0 Å². The highest BCUT2D eigenvalue weighted by molar-refractivity contribution is 6.13. The maximum atomic E-state index is 9.25. The number of para-hydroxylation sites is 2. The van der Waals surface area contributed by atoms with Gasteiger partial charge in [-0.3, -0.25) is 0 Å². The van der Waals surface area contributed by atoms with E-state index >= 15 is 0 Å². The van der Waals surface area contributed by atoms with E-state index in [1.54, 1.807) is 0 Å². The van der Waals surface area contributed by atoms with Crippen LogP contribution < -0.4 is 4.74 Å². The third kappa shape index (κ3) is 5.30. The molecule has 9 rings (SSSR count). The lowest BCUT2D eigenvalue weighted by Crippen LogP contribution is -2.32. The number of hydrogen-bond donors (Lipinski definition) is 0. The highest BCUT2D eigenvalue weighted by Crippen LogP contribution is 2.62. The van der Waals surface area contributed by atoms with Crippen LogP contribution in [0.2, 0.25) is 0 Å². The smallest absolute Gasteiger partial charge is 0.160 e. The molecular weight excluding hydrogens is 647 g/mol. The first-order valence-corrected chi connectivity index (χ1v) is 17.7. The normalized spacial score (nSPS) is 13.6. The summed E-state index contributed by atoms with van der Waals surface area (Å²) in [6.07, 6.45) is 0. The van der Waals surface area contributed by atoms with Crippen LogP contribution >= 0.6 is 0 Å². The van der Waals surface area contributed by atoms with E-state index in [0.717, 1.165) is 56.2 Å². The van der Waals surface area contributed by atoms with Gasteiger partial charge in [-0.1, -0.05) is 140 Å². The Morgan fingerprint density at radius 2 is 1.17 bits per heavy atom. The third-order valence-electron chi connectivity index (χ3n) is 10.4.